The number of hydrogen-bond acceptors (Lipinski definition) is 7. The molecule has 11 nitrogen and oxygen atoms in total. The molecule has 2 saturated heterocycles. The highest BCUT2D eigenvalue weighted by molar-refractivity contribution is 7.88. The fraction of sp³-hybridized carbons (Fsp3) is 0.600. The number of amides is 2. The lowest BCUT2D eigenvalue weighted by Crippen LogP contribution is -2.58. The van der Waals surface area contributed by atoms with Crippen molar-refractivity contribution in [3.8, 4) is 0 Å². The van der Waals surface area contributed by atoms with E-state index in [4.69, 9.17) is 5.73 Å². The molecule has 0 radical (unpaired) electrons. The number of carboxylic acid groups (broad SMARTS) is 1. The lowest BCUT2D eigenvalue weighted by Gasteiger charge is -2.38. The first-order valence-electron chi connectivity index (χ1n) is 12.7. The number of Topliss-reactive ketones (excluding diaryl/α,β-unsaturated/α-hetero) is 1. The lowest BCUT2D eigenvalue weighted by molar-refractivity contribution is -0.152. The Hall–Kier alpha value is -2.83. The Kier molecular flexibility index (Phi) is 8.29. The van der Waals surface area contributed by atoms with Crippen LogP contribution in [0.2, 0.25) is 0 Å². The van der Waals surface area contributed by atoms with Gasteiger partial charge in [-0.25, -0.2) is 13.2 Å². The maximum absolute atomic E-state index is 13.3. The van der Waals surface area contributed by atoms with Gasteiger partial charge in [-0.3, -0.25) is 14.4 Å². The molecule has 4 rings (SSSR count). The van der Waals surface area contributed by atoms with E-state index in [1.807, 2.05) is 0 Å². The van der Waals surface area contributed by atoms with Crippen LogP contribution in [0.1, 0.15) is 44.1 Å². The Morgan fingerprint density at radius 2 is 1.70 bits per heavy atom. The molecule has 12 heteroatoms. The van der Waals surface area contributed by atoms with E-state index in [9.17, 15) is 32.7 Å². The third-order valence-electron chi connectivity index (χ3n) is 7.74. The summed E-state index contributed by atoms with van der Waals surface area (Å²) in [7, 11) is -3.76. The highest BCUT2D eigenvalue weighted by Gasteiger charge is 2.44. The van der Waals surface area contributed by atoms with Crippen molar-refractivity contribution in [3.05, 3.63) is 35.9 Å². The van der Waals surface area contributed by atoms with E-state index < -0.39 is 45.7 Å². The van der Waals surface area contributed by atoms with Crippen molar-refractivity contribution in [2.45, 2.75) is 62.4 Å². The molecule has 202 valence electrons. The molecule has 1 aliphatic carbocycles. The minimum atomic E-state index is -3.76. The number of benzene rings is 1. The zero-order valence-corrected chi connectivity index (χ0v) is 21.4. The third-order valence-corrected chi connectivity index (χ3v) is 9.50. The molecule has 0 spiro atoms. The Morgan fingerprint density at radius 3 is 2.35 bits per heavy atom. The van der Waals surface area contributed by atoms with Crippen LogP contribution in [0.25, 0.3) is 0 Å². The van der Waals surface area contributed by atoms with Crippen molar-refractivity contribution in [2.75, 3.05) is 19.6 Å². The summed E-state index contributed by atoms with van der Waals surface area (Å²) in [6.45, 7) is 0.0474. The van der Waals surface area contributed by atoms with E-state index in [1.165, 1.54) is 9.21 Å². The molecule has 1 saturated carbocycles. The first kappa shape index (κ1) is 27.2. The Labute approximate surface area is 216 Å². The van der Waals surface area contributed by atoms with Gasteiger partial charge in [-0.15, -0.1) is 0 Å². The molecule has 2 aliphatic heterocycles. The zero-order valence-electron chi connectivity index (χ0n) is 20.6. The standard InChI is InChI=1S/C25H34N4O7S/c26-19-9-7-18(8-10-19)22(23(31)25(33)34)27-24(32)20-11-6-17-12-28(14-21(30)29(20)13-17)37(35,36)15-16-4-2-1-3-5-16/h1-5,17-20,22H,6-15,26H2,(H,27,32)(H,33,34)/t17-,18?,19?,20+,22?/m1/s1. The monoisotopic (exact) mass is 534 g/mol. The van der Waals surface area contributed by atoms with Crippen LogP contribution in [-0.2, 0) is 35.0 Å². The van der Waals surface area contributed by atoms with Gasteiger partial charge in [0.25, 0.3) is 5.78 Å². The van der Waals surface area contributed by atoms with E-state index in [2.05, 4.69) is 5.32 Å². The van der Waals surface area contributed by atoms with Crippen molar-refractivity contribution in [2.24, 2.45) is 17.6 Å². The highest BCUT2D eigenvalue weighted by atomic mass is 32.2. The maximum Gasteiger partial charge on any atom is 0.374 e. The van der Waals surface area contributed by atoms with Gasteiger partial charge in [-0.1, -0.05) is 30.3 Å². The van der Waals surface area contributed by atoms with Crippen molar-refractivity contribution < 1.29 is 32.7 Å². The quantitative estimate of drug-likeness (QED) is 0.395. The maximum atomic E-state index is 13.3. The van der Waals surface area contributed by atoms with Gasteiger partial charge in [0.2, 0.25) is 21.8 Å². The van der Waals surface area contributed by atoms with Crippen molar-refractivity contribution >= 4 is 33.6 Å². The van der Waals surface area contributed by atoms with Gasteiger partial charge in [-0.05, 0) is 55.9 Å². The molecule has 1 unspecified atom stereocenters. The molecule has 2 heterocycles. The summed E-state index contributed by atoms with van der Waals surface area (Å²) in [5.41, 5.74) is 6.56. The molecule has 0 aromatic heterocycles. The number of carboxylic acids is 1. The second-order valence-corrected chi connectivity index (χ2v) is 12.3. The summed E-state index contributed by atoms with van der Waals surface area (Å²) in [4.78, 5) is 51.8. The number of nitrogens with one attached hydrogen (secondary N) is 1. The van der Waals surface area contributed by atoms with Crippen LogP contribution in [-0.4, -0.2) is 84.1 Å². The number of hydrogen-bond donors (Lipinski definition) is 3. The molecule has 4 N–H and O–H groups in total. The summed E-state index contributed by atoms with van der Waals surface area (Å²) < 4.78 is 27.4. The molecule has 3 aliphatic rings. The van der Waals surface area contributed by atoms with Crippen molar-refractivity contribution in [1.29, 1.82) is 0 Å². The normalized spacial score (nSPS) is 27.7. The number of ketones is 1. The fourth-order valence-electron chi connectivity index (χ4n) is 5.68. The Morgan fingerprint density at radius 1 is 1.03 bits per heavy atom. The molecule has 1 aromatic rings. The minimum Gasteiger partial charge on any atom is -0.475 e. The average Bonchev–Trinajstić information content (AvgIpc) is 2.99. The molecule has 1 aromatic carbocycles. The van der Waals surface area contributed by atoms with Crippen LogP contribution in [0.4, 0.5) is 0 Å². The fourth-order valence-corrected chi connectivity index (χ4v) is 7.23. The topological polar surface area (TPSA) is 167 Å². The number of carbonyl (C=O) groups excluding carboxylic acids is 3. The van der Waals surface area contributed by atoms with Crippen LogP contribution in [0.15, 0.2) is 30.3 Å². The van der Waals surface area contributed by atoms with Gasteiger partial charge < -0.3 is 21.1 Å². The summed E-state index contributed by atoms with van der Waals surface area (Å²) in [5, 5.41) is 12.0. The highest BCUT2D eigenvalue weighted by Crippen LogP contribution is 2.30. The number of piperidine rings is 1. The summed E-state index contributed by atoms with van der Waals surface area (Å²) >= 11 is 0. The molecular formula is C25H34N4O7S. The van der Waals surface area contributed by atoms with Crippen molar-refractivity contribution in [3.63, 3.8) is 0 Å². The van der Waals surface area contributed by atoms with Gasteiger partial charge >= 0.3 is 5.97 Å². The smallest absolute Gasteiger partial charge is 0.374 e. The van der Waals surface area contributed by atoms with E-state index in [0.717, 1.165) is 0 Å². The van der Waals surface area contributed by atoms with Crippen molar-refractivity contribution in [1.82, 2.24) is 14.5 Å². The Bertz CT molecular complexity index is 1130. The molecular weight excluding hydrogens is 500 g/mol. The van der Waals surface area contributed by atoms with Gasteiger partial charge in [0.05, 0.1) is 12.3 Å². The van der Waals surface area contributed by atoms with E-state index >= 15 is 0 Å². The predicted molar refractivity (Wildman–Crippen MR) is 133 cm³/mol. The molecule has 3 atom stereocenters. The van der Waals surface area contributed by atoms with Crippen LogP contribution in [0.3, 0.4) is 0 Å². The minimum absolute atomic E-state index is 0.0151. The summed E-state index contributed by atoms with van der Waals surface area (Å²) in [6, 6.07) is 6.64. The summed E-state index contributed by atoms with van der Waals surface area (Å²) in [5.74, 6) is -4.45. The third kappa shape index (κ3) is 6.36. The first-order chi connectivity index (χ1) is 17.5. The lowest BCUT2D eigenvalue weighted by atomic mass is 9.80. The van der Waals surface area contributed by atoms with Crippen LogP contribution < -0.4 is 11.1 Å². The first-order valence-corrected chi connectivity index (χ1v) is 14.3. The van der Waals surface area contributed by atoms with Crippen LogP contribution in [0, 0.1) is 11.8 Å². The van der Waals surface area contributed by atoms with E-state index in [0.29, 0.717) is 44.1 Å². The van der Waals surface area contributed by atoms with Gasteiger partial charge in [0.15, 0.2) is 0 Å². The SMILES string of the molecule is NC1CCC(C(NC(=O)[C@@H]2CC[C@H]3CN2C(=O)CN(S(=O)(=O)Cc2ccccc2)C3)C(=O)C(=O)O)CC1. The second-order valence-electron chi connectivity index (χ2n) is 10.4. The molecule has 2 amide bonds. The number of nitrogens with two attached hydrogens (primary N) is 1. The number of aliphatic carboxylic acids is 1. The van der Waals surface area contributed by atoms with Crippen LogP contribution in [0.5, 0.6) is 0 Å². The average molecular weight is 535 g/mol. The number of fused-ring (bicyclic) bond motifs is 2. The molecule has 2 bridgehead atoms. The second kappa shape index (κ2) is 11.3. The summed E-state index contributed by atoms with van der Waals surface area (Å²) in [6.07, 6.45) is 3.14. The van der Waals surface area contributed by atoms with Crippen LogP contribution >= 0.6 is 0 Å². The Balaban J connectivity index is 1.47. The number of rotatable bonds is 8. The van der Waals surface area contributed by atoms with Gasteiger partial charge in [-0.2, -0.15) is 4.31 Å². The van der Waals surface area contributed by atoms with E-state index in [1.54, 1.807) is 30.3 Å². The molecule has 37 heavy (non-hydrogen) atoms. The predicted octanol–water partition coefficient (Wildman–Crippen LogP) is 0.0952. The zero-order chi connectivity index (χ0) is 26.7. The number of sulfonamides is 1. The van der Waals surface area contributed by atoms with Gasteiger partial charge in [0.1, 0.15) is 12.1 Å². The largest absolute Gasteiger partial charge is 0.475 e. The van der Waals surface area contributed by atoms with Gasteiger partial charge in [0, 0.05) is 19.1 Å². The number of carbonyl (C=O) groups is 4. The van der Waals surface area contributed by atoms with E-state index in [-0.39, 0.29) is 43.3 Å². The number of nitrogens with zero attached hydrogens (tertiary/aromatic N) is 2. The molecule has 3 fully saturated rings.